The van der Waals surface area contributed by atoms with Gasteiger partial charge >= 0.3 is 0 Å². The first-order chi connectivity index (χ1) is 5.96. The van der Waals surface area contributed by atoms with Gasteiger partial charge in [0.25, 0.3) is 5.92 Å². The minimum absolute atomic E-state index is 0.0938. The highest BCUT2D eigenvalue weighted by atomic mass is 79.9. The Morgan fingerprint density at radius 3 is 2.62 bits per heavy atom. The van der Waals surface area contributed by atoms with E-state index in [0.29, 0.717) is 5.69 Å². The van der Waals surface area contributed by atoms with E-state index in [2.05, 4.69) is 20.9 Å². The number of aromatic nitrogens is 1. The summed E-state index contributed by atoms with van der Waals surface area (Å²) < 4.78 is 26.7. The fourth-order valence-corrected chi connectivity index (χ4v) is 1.72. The van der Waals surface area contributed by atoms with Crippen molar-refractivity contribution in [2.24, 2.45) is 0 Å². The zero-order chi connectivity index (χ0) is 9.69. The van der Waals surface area contributed by atoms with Crippen molar-refractivity contribution < 1.29 is 8.78 Å². The lowest BCUT2D eigenvalue weighted by molar-refractivity contribution is 0.0910. The maximum absolute atomic E-state index is 12.9. The first-order valence-electron chi connectivity index (χ1n) is 3.96. The summed E-state index contributed by atoms with van der Waals surface area (Å²) >= 11 is 3.24. The summed E-state index contributed by atoms with van der Waals surface area (Å²) in [6, 6.07) is 3.38. The van der Waals surface area contributed by atoms with Gasteiger partial charge in [-0.3, -0.25) is 4.98 Å². The van der Waals surface area contributed by atoms with Crippen molar-refractivity contribution in [1.29, 1.82) is 0 Å². The molecule has 0 N–H and O–H groups in total. The van der Waals surface area contributed by atoms with Crippen LogP contribution in [0.1, 0.15) is 19.0 Å². The molecule has 1 aromatic heterocycles. The van der Waals surface area contributed by atoms with E-state index in [1.165, 1.54) is 0 Å². The molecule has 1 fully saturated rings. The Kier molecular flexibility index (Phi) is 1.74. The Balaban J connectivity index is 2.38. The summed E-state index contributed by atoms with van der Waals surface area (Å²) in [5.74, 6) is -2.58. The van der Waals surface area contributed by atoms with E-state index < -0.39 is 11.3 Å². The molecule has 0 spiro atoms. The largest absolute Gasteiger partial charge is 0.260 e. The molecule has 0 aliphatic heterocycles. The molecule has 2 rings (SSSR count). The number of rotatable bonds is 1. The molecule has 0 bridgehead atoms. The smallest absolute Gasteiger partial charge is 0.260 e. The van der Waals surface area contributed by atoms with E-state index in [0.717, 1.165) is 4.47 Å². The topological polar surface area (TPSA) is 12.9 Å². The molecule has 1 atom stereocenters. The monoisotopic (exact) mass is 247 g/mol. The van der Waals surface area contributed by atoms with Crippen LogP contribution in [0.2, 0.25) is 0 Å². The third kappa shape index (κ3) is 1.27. The molecule has 1 heterocycles. The van der Waals surface area contributed by atoms with E-state index in [9.17, 15) is 8.78 Å². The highest BCUT2D eigenvalue weighted by Gasteiger charge is 2.69. The Labute approximate surface area is 83.3 Å². The van der Waals surface area contributed by atoms with Crippen molar-refractivity contribution in [3.63, 3.8) is 0 Å². The van der Waals surface area contributed by atoms with Gasteiger partial charge in [-0.1, -0.05) is 15.9 Å². The first-order valence-corrected chi connectivity index (χ1v) is 4.75. The molecule has 1 aliphatic carbocycles. The van der Waals surface area contributed by atoms with E-state index in [1.54, 1.807) is 25.3 Å². The fourth-order valence-electron chi connectivity index (χ4n) is 1.38. The van der Waals surface area contributed by atoms with Gasteiger partial charge in [0, 0.05) is 17.1 Å². The van der Waals surface area contributed by atoms with Gasteiger partial charge in [0.15, 0.2) is 0 Å². The zero-order valence-electron chi connectivity index (χ0n) is 7.02. The molecule has 1 aromatic rings. The highest BCUT2D eigenvalue weighted by Crippen LogP contribution is 2.60. The van der Waals surface area contributed by atoms with Crippen molar-refractivity contribution in [3.8, 4) is 0 Å². The molecule has 0 aromatic carbocycles. The first kappa shape index (κ1) is 9.06. The molecule has 1 nitrogen and oxygen atoms in total. The number of pyridine rings is 1. The molecule has 0 radical (unpaired) electrons. The molecule has 1 aliphatic rings. The van der Waals surface area contributed by atoms with Crippen LogP contribution < -0.4 is 0 Å². The van der Waals surface area contributed by atoms with E-state index in [4.69, 9.17) is 0 Å². The van der Waals surface area contributed by atoms with Gasteiger partial charge in [-0.2, -0.15) is 0 Å². The number of alkyl halides is 2. The van der Waals surface area contributed by atoms with Gasteiger partial charge in [0.2, 0.25) is 0 Å². The van der Waals surface area contributed by atoms with Gasteiger partial charge in [0.05, 0.1) is 11.1 Å². The molecule has 4 heteroatoms. The Hall–Kier alpha value is -0.510. The molecule has 1 saturated carbocycles. The Morgan fingerprint density at radius 2 is 2.15 bits per heavy atom. The van der Waals surface area contributed by atoms with Crippen molar-refractivity contribution in [2.75, 3.05) is 0 Å². The van der Waals surface area contributed by atoms with Crippen molar-refractivity contribution in [3.05, 3.63) is 28.5 Å². The van der Waals surface area contributed by atoms with Crippen LogP contribution in [-0.2, 0) is 5.41 Å². The second-order valence-electron chi connectivity index (χ2n) is 3.57. The molecular formula is C9H8BrF2N. The summed E-state index contributed by atoms with van der Waals surface area (Å²) in [4.78, 5) is 3.96. The maximum atomic E-state index is 12.9. The zero-order valence-corrected chi connectivity index (χ0v) is 8.61. The van der Waals surface area contributed by atoms with Crippen LogP contribution in [0.25, 0.3) is 0 Å². The predicted molar refractivity (Wildman–Crippen MR) is 48.9 cm³/mol. The number of hydrogen-bond acceptors (Lipinski definition) is 1. The van der Waals surface area contributed by atoms with Crippen molar-refractivity contribution >= 4 is 15.9 Å². The second-order valence-corrected chi connectivity index (χ2v) is 4.49. The third-order valence-corrected chi connectivity index (χ3v) is 3.04. The van der Waals surface area contributed by atoms with E-state index in [1.807, 2.05) is 0 Å². The lowest BCUT2D eigenvalue weighted by Crippen LogP contribution is -2.13. The van der Waals surface area contributed by atoms with Gasteiger partial charge in [0.1, 0.15) is 0 Å². The van der Waals surface area contributed by atoms with Crippen molar-refractivity contribution in [2.45, 2.75) is 24.7 Å². The molecule has 1 unspecified atom stereocenters. The van der Waals surface area contributed by atoms with Crippen LogP contribution >= 0.6 is 15.9 Å². The maximum Gasteiger partial charge on any atom is 0.260 e. The lowest BCUT2D eigenvalue weighted by atomic mass is 10.0. The van der Waals surface area contributed by atoms with Crippen LogP contribution in [0.3, 0.4) is 0 Å². The minimum Gasteiger partial charge on any atom is -0.260 e. The van der Waals surface area contributed by atoms with Gasteiger partial charge in [-0.15, -0.1) is 0 Å². The molecule has 13 heavy (non-hydrogen) atoms. The van der Waals surface area contributed by atoms with Gasteiger partial charge in [-0.25, -0.2) is 8.78 Å². The van der Waals surface area contributed by atoms with Gasteiger partial charge < -0.3 is 0 Å². The number of hydrogen-bond donors (Lipinski definition) is 0. The average Bonchev–Trinajstić information content (AvgIpc) is 2.53. The summed E-state index contributed by atoms with van der Waals surface area (Å²) in [6.45, 7) is 1.54. The lowest BCUT2D eigenvalue weighted by Gasteiger charge is -2.08. The highest BCUT2D eigenvalue weighted by molar-refractivity contribution is 9.10. The average molecular weight is 248 g/mol. The standard InChI is InChI=1S/C9H8BrF2N/c1-8(5-9(8,11)12)7-4-6(10)2-3-13-7/h2-4H,5H2,1H3. The third-order valence-electron chi connectivity index (χ3n) is 2.55. The van der Waals surface area contributed by atoms with Gasteiger partial charge in [-0.05, 0) is 19.1 Å². The van der Waals surface area contributed by atoms with Crippen LogP contribution in [0.4, 0.5) is 8.78 Å². The summed E-state index contributed by atoms with van der Waals surface area (Å²) in [7, 11) is 0. The van der Waals surface area contributed by atoms with E-state index >= 15 is 0 Å². The molecule has 0 saturated heterocycles. The Bertz CT molecular complexity index is 353. The van der Waals surface area contributed by atoms with Crippen LogP contribution in [0.15, 0.2) is 22.8 Å². The molecular weight excluding hydrogens is 240 g/mol. The van der Waals surface area contributed by atoms with Crippen molar-refractivity contribution in [1.82, 2.24) is 4.98 Å². The summed E-state index contributed by atoms with van der Waals surface area (Å²) in [5.41, 5.74) is -0.580. The van der Waals surface area contributed by atoms with E-state index in [-0.39, 0.29) is 6.42 Å². The number of halogens is 3. The quantitative estimate of drug-likeness (QED) is 0.743. The predicted octanol–water partition coefficient (Wildman–Crippen LogP) is 3.14. The summed E-state index contributed by atoms with van der Waals surface area (Å²) in [5, 5.41) is 0. The Morgan fingerprint density at radius 1 is 1.54 bits per heavy atom. The number of nitrogens with zero attached hydrogens (tertiary/aromatic N) is 1. The van der Waals surface area contributed by atoms with Crippen LogP contribution in [-0.4, -0.2) is 10.9 Å². The SMILES string of the molecule is CC1(c2cc(Br)ccn2)CC1(F)F. The normalized spacial score (nSPS) is 30.2. The molecule has 0 amide bonds. The van der Waals surface area contributed by atoms with Crippen LogP contribution in [0.5, 0.6) is 0 Å². The molecule has 70 valence electrons. The minimum atomic E-state index is -2.58. The fraction of sp³-hybridized carbons (Fsp3) is 0.444. The summed E-state index contributed by atoms with van der Waals surface area (Å²) in [6.07, 6.45) is 1.45. The second kappa shape index (κ2) is 2.50. The van der Waals surface area contributed by atoms with Crippen LogP contribution in [0, 0.1) is 0 Å².